The smallest absolute Gasteiger partial charge is 0.317 e. The number of ether oxygens (including phenoxy) is 2. The van der Waals surface area contributed by atoms with Gasteiger partial charge in [0, 0.05) is 18.5 Å². The first kappa shape index (κ1) is 26.3. The van der Waals surface area contributed by atoms with Crippen LogP contribution in [0.3, 0.4) is 0 Å². The van der Waals surface area contributed by atoms with Gasteiger partial charge in [-0.15, -0.1) is 0 Å². The van der Waals surface area contributed by atoms with E-state index < -0.39 is 50.1 Å². The van der Waals surface area contributed by atoms with Gasteiger partial charge < -0.3 is 29.9 Å². The van der Waals surface area contributed by atoms with Crippen LogP contribution in [0.5, 0.6) is 11.5 Å². The first-order valence-electron chi connectivity index (χ1n) is 9.89. The van der Waals surface area contributed by atoms with E-state index in [-0.39, 0.29) is 24.5 Å². The second kappa shape index (κ2) is 11.8. The van der Waals surface area contributed by atoms with Gasteiger partial charge in [-0.1, -0.05) is 0 Å². The summed E-state index contributed by atoms with van der Waals surface area (Å²) in [6.07, 6.45) is 0. The number of aromatic nitrogens is 1. The van der Waals surface area contributed by atoms with Crippen LogP contribution in [-0.2, 0) is 32.3 Å². The zero-order valence-electron chi connectivity index (χ0n) is 18.6. The molecule has 34 heavy (non-hydrogen) atoms. The van der Waals surface area contributed by atoms with Crippen LogP contribution >= 0.6 is 0 Å². The molecule has 0 saturated carbocycles. The maximum atomic E-state index is 11.3. The van der Waals surface area contributed by atoms with Crippen molar-refractivity contribution in [3.63, 3.8) is 0 Å². The average Bonchev–Trinajstić information content (AvgIpc) is 2.70. The lowest BCUT2D eigenvalue weighted by Gasteiger charge is -2.22. The highest BCUT2D eigenvalue weighted by Crippen LogP contribution is 2.36. The van der Waals surface area contributed by atoms with Gasteiger partial charge in [0.1, 0.15) is 11.5 Å². The molecule has 0 spiro atoms. The van der Waals surface area contributed by atoms with Crippen LogP contribution < -0.4 is 9.47 Å². The van der Waals surface area contributed by atoms with Crippen molar-refractivity contribution in [2.24, 2.45) is 0 Å². The predicted octanol–water partition coefficient (Wildman–Crippen LogP) is 0.194. The van der Waals surface area contributed by atoms with Crippen molar-refractivity contribution < 1.29 is 49.1 Å². The van der Waals surface area contributed by atoms with Crippen LogP contribution in [0.15, 0.2) is 18.2 Å². The summed E-state index contributed by atoms with van der Waals surface area (Å²) in [7, 11) is 2.86. The monoisotopic (exact) mass is 479 g/mol. The lowest BCUT2D eigenvalue weighted by Crippen LogP contribution is -2.35. The molecule has 13 nitrogen and oxygen atoms in total. The van der Waals surface area contributed by atoms with Gasteiger partial charge in [-0.25, -0.2) is 0 Å². The number of carboxylic acid groups (broad SMARTS) is 4. The fourth-order valence-electron chi connectivity index (χ4n) is 3.53. The minimum Gasteiger partial charge on any atom is -0.496 e. The topological polar surface area (TPSA) is 187 Å². The summed E-state index contributed by atoms with van der Waals surface area (Å²) in [5.41, 5.74) is 0.540. The number of aliphatic carboxylic acids is 4. The molecule has 0 atom stereocenters. The molecule has 0 bridgehead atoms. The Morgan fingerprint density at radius 1 is 0.765 bits per heavy atom. The molecule has 0 fully saturated rings. The number of benzene rings is 1. The second-order valence-corrected chi connectivity index (χ2v) is 7.32. The number of fused-ring (bicyclic) bond motifs is 1. The van der Waals surface area contributed by atoms with Crippen LogP contribution in [0.4, 0.5) is 0 Å². The molecule has 0 aliphatic rings. The molecule has 2 rings (SSSR count). The lowest BCUT2D eigenvalue weighted by molar-refractivity contribution is -0.144. The van der Waals surface area contributed by atoms with E-state index >= 15 is 0 Å². The summed E-state index contributed by atoms with van der Waals surface area (Å²) in [5.74, 6) is -4.14. The van der Waals surface area contributed by atoms with Gasteiger partial charge in [0.15, 0.2) is 0 Å². The van der Waals surface area contributed by atoms with Crippen molar-refractivity contribution in [3.8, 4) is 11.5 Å². The SMILES string of the molecule is COc1ccc(OC)c2c(CN(CC(=O)O)CC(=O)O)nc(CN(CC(=O)O)CC(=O)O)cc12. The number of carboxylic acids is 4. The highest BCUT2D eigenvalue weighted by Gasteiger charge is 2.22. The number of hydrogen-bond donors (Lipinski definition) is 4. The van der Waals surface area contributed by atoms with Crippen molar-refractivity contribution in [1.29, 1.82) is 0 Å². The fraction of sp³-hybridized carbons (Fsp3) is 0.381. The van der Waals surface area contributed by atoms with Gasteiger partial charge in [-0.2, -0.15) is 0 Å². The Morgan fingerprint density at radius 2 is 1.21 bits per heavy atom. The molecular weight excluding hydrogens is 454 g/mol. The first-order chi connectivity index (χ1) is 16.0. The molecule has 184 valence electrons. The maximum absolute atomic E-state index is 11.3. The minimum atomic E-state index is -1.24. The Hall–Kier alpha value is -3.97. The van der Waals surface area contributed by atoms with Crippen LogP contribution in [0.25, 0.3) is 10.8 Å². The third-order valence-corrected chi connectivity index (χ3v) is 4.68. The lowest BCUT2D eigenvalue weighted by atomic mass is 10.0. The fourth-order valence-corrected chi connectivity index (χ4v) is 3.53. The highest BCUT2D eigenvalue weighted by atomic mass is 16.5. The zero-order chi connectivity index (χ0) is 25.4. The van der Waals surface area contributed by atoms with E-state index in [0.717, 1.165) is 9.80 Å². The quantitative estimate of drug-likeness (QED) is 0.288. The number of rotatable bonds is 14. The van der Waals surface area contributed by atoms with E-state index in [2.05, 4.69) is 4.98 Å². The van der Waals surface area contributed by atoms with E-state index in [4.69, 9.17) is 19.7 Å². The molecule has 1 aromatic heterocycles. The number of hydrogen-bond acceptors (Lipinski definition) is 9. The summed E-state index contributed by atoms with van der Waals surface area (Å²) < 4.78 is 10.8. The van der Waals surface area contributed by atoms with Gasteiger partial charge >= 0.3 is 23.9 Å². The number of methoxy groups -OCH3 is 2. The first-order valence-corrected chi connectivity index (χ1v) is 9.89. The molecule has 1 aromatic carbocycles. The molecule has 0 saturated heterocycles. The van der Waals surface area contributed by atoms with E-state index in [0.29, 0.717) is 22.3 Å². The molecule has 1 heterocycles. The van der Waals surface area contributed by atoms with Crippen molar-refractivity contribution in [2.45, 2.75) is 13.1 Å². The Balaban J connectivity index is 2.65. The van der Waals surface area contributed by atoms with E-state index in [1.54, 1.807) is 18.2 Å². The zero-order valence-corrected chi connectivity index (χ0v) is 18.6. The van der Waals surface area contributed by atoms with E-state index in [9.17, 15) is 29.4 Å². The third kappa shape index (κ3) is 7.28. The molecule has 0 aliphatic heterocycles. The van der Waals surface area contributed by atoms with Gasteiger partial charge in [0.2, 0.25) is 0 Å². The predicted molar refractivity (Wildman–Crippen MR) is 116 cm³/mol. The molecule has 0 amide bonds. The van der Waals surface area contributed by atoms with E-state index in [1.165, 1.54) is 14.2 Å². The second-order valence-electron chi connectivity index (χ2n) is 7.32. The molecule has 13 heteroatoms. The largest absolute Gasteiger partial charge is 0.496 e. The molecule has 2 aromatic rings. The van der Waals surface area contributed by atoms with Crippen molar-refractivity contribution in [1.82, 2.24) is 14.8 Å². The summed E-state index contributed by atoms with van der Waals surface area (Å²) >= 11 is 0. The third-order valence-electron chi connectivity index (χ3n) is 4.68. The van der Waals surface area contributed by atoms with Gasteiger partial charge in [0.25, 0.3) is 0 Å². The molecular formula is C21H25N3O10. The average molecular weight is 479 g/mol. The Bertz CT molecular complexity index is 1060. The molecule has 4 N–H and O–H groups in total. The Kier molecular flexibility index (Phi) is 9.10. The number of nitrogens with zero attached hydrogens (tertiary/aromatic N) is 3. The van der Waals surface area contributed by atoms with Crippen LogP contribution in [-0.4, -0.2) is 99.5 Å². The standard InChI is InChI=1S/C21H25N3O10/c1-33-15-3-4-16(34-2)21-13(15)5-12(6-23(8-17(25)26)9-18(27)28)22-14(21)7-24(10-19(29)30)11-20(31)32/h3-5H,6-11H2,1-2H3,(H,25,26)(H,27,28)(H,29,30)(H,31,32). The summed E-state index contributed by atoms with van der Waals surface area (Å²) in [4.78, 5) is 51.7. The van der Waals surface area contributed by atoms with Gasteiger partial charge in [0.05, 0.1) is 57.2 Å². The minimum absolute atomic E-state index is 0.153. The molecule has 0 aliphatic carbocycles. The maximum Gasteiger partial charge on any atom is 0.317 e. The van der Waals surface area contributed by atoms with Crippen LogP contribution in [0.2, 0.25) is 0 Å². The molecule has 0 unspecified atom stereocenters. The van der Waals surface area contributed by atoms with Gasteiger partial charge in [-0.3, -0.25) is 34.0 Å². The van der Waals surface area contributed by atoms with Crippen molar-refractivity contribution >= 4 is 34.6 Å². The van der Waals surface area contributed by atoms with Crippen LogP contribution in [0, 0.1) is 0 Å². The summed E-state index contributed by atoms with van der Waals surface area (Å²) in [6.45, 7) is -2.60. The van der Waals surface area contributed by atoms with Gasteiger partial charge in [-0.05, 0) is 18.2 Å². The Labute approximate surface area is 193 Å². The normalized spacial score (nSPS) is 11.1. The number of carbonyl (C=O) groups is 4. The Morgan fingerprint density at radius 3 is 1.65 bits per heavy atom. The van der Waals surface area contributed by atoms with Crippen molar-refractivity contribution in [2.75, 3.05) is 40.4 Å². The van der Waals surface area contributed by atoms with Crippen LogP contribution in [0.1, 0.15) is 11.4 Å². The highest BCUT2D eigenvalue weighted by molar-refractivity contribution is 5.95. The van der Waals surface area contributed by atoms with Crippen molar-refractivity contribution in [3.05, 3.63) is 29.6 Å². The summed E-state index contributed by atoms with van der Waals surface area (Å²) in [6, 6.07) is 4.84. The van der Waals surface area contributed by atoms with E-state index in [1.807, 2.05) is 0 Å². The summed E-state index contributed by atoms with van der Waals surface area (Å²) in [5, 5.41) is 37.6. The number of pyridine rings is 1. The molecule has 0 radical (unpaired) electrons.